The van der Waals surface area contributed by atoms with Crippen LogP contribution < -0.4 is 5.32 Å². The maximum atomic E-state index is 11.3. The van der Waals surface area contributed by atoms with Gasteiger partial charge < -0.3 is 5.32 Å². The summed E-state index contributed by atoms with van der Waals surface area (Å²) in [5.74, 6) is 6.39. The molecule has 0 heterocycles. The van der Waals surface area contributed by atoms with E-state index in [4.69, 9.17) is 0 Å². The zero-order chi connectivity index (χ0) is 16.2. The van der Waals surface area contributed by atoms with Gasteiger partial charge in [-0.05, 0) is 56.5 Å². The molecule has 2 aromatic rings. The van der Waals surface area contributed by atoms with Crippen LogP contribution in [0.4, 0.5) is 0 Å². The molecule has 1 unspecified atom stereocenters. The van der Waals surface area contributed by atoms with Crippen molar-refractivity contribution in [2.75, 3.05) is 0 Å². The molecule has 23 heavy (non-hydrogen) atoms. The maximum absolute atomic E-state index is 11.3. The van der Waals surface area contributed by atoms with Crippen LogP contribution in [0.3, 0.4) is 0 Å². The van der Waals surface area contributed by atoms with Crippen molar-refractivity contribution in [3.8, 4) is 11.8 Å². The van der Waals surface area contributed by atoms with Crippen molar-refractivity contribution in [3.63, 3.8) is 0 Å². The molecule has 1 N–H and O–H groups in total. The smallest absolute Gasteiger partial charge is 0.159 e. The fourth-order valence-corrected chi connectivity index (χ4v) is 2.49. The Morgan fingerprint density at radius 1 is 1.00 bits per heavy atom. The SMILES string of the molecule is CC(=O)c1ccc(C#Cc2ccc(C(C)NC3CC3)cc2)cc1. The summed E-state index contributed by atoms with van der Waals surface area (Å²) in [5.41, 5.74) is 3.94. The first-order valence-corrected chi connectivity index (χ1v) is 8.11. The van der Waals surface area contributed by atoms with E-state index in [2.05, 4.69) is 48.3 Å². The third-order valence-electron chi connectivity index (χ3n) is 4.12. The highest BCUT2D eigenvalue weighted by molar-refractivity contribution is 5.94. The van der Waals surface area contributed by atoms with Crippen LogP contribution >= 0.6 is 0 Å². The van der Waals surface area contributed by atoms with Gasteiger partial charge in [-0.2, -0.15) is 0 Å². The van der Waals surface area contributed by atoms with Crippen LogP contribution in [0.15, 0.2) is 48.5 Å². The average molecular weight is 303 g/mol. The molecule has 3 rings (SSSR count). The molecule has 1 fully saturated rings. The second-order valence-electron chi connectivity index (χ2n) is 6.17. The molecule has 0 bridgehead atoms. The first kappa shape index (κ1) is 15.5. The predicted molar refractivity (Wildman–Crippen MR) is 93.4 cm³/mol. The van der Waals surface area contributed by atoms with Crippen LogP contribution in [0, 0.1) is 11.8 Å². The Bertz CT molecular complexity index is 743. The summed E-state index contributed by atoms with van der Waals surface area (Å²) in [6.45, 7) is 3.77. The number of nitrogens with one attached hydrogen (secondary N) is 1. The van der Waals surface area contributed by atoms with Gasteiger partial charge in [-0.15, -0.1) is 0 Å². The lowest BCUT2D eigenvalue weighted by atomic mass is 10.1. The minimum atomic E-state index is 0.0778. The van der Waals surface area contributed by atoms with Crippen LogP contribution in [0.1, 0.15) is 59.8 Å². The van der Waals surface area contributed by atoms with Crippen molar-refractivity contribution in [1.82, 2.24) is 5.32 Å². The molecule has 2 nitrogen and oxygen atoms in total. The van der Waals surface area contributed by atoms with Gasteiger partial charge in [-0.3, -0.25) is 4.79 Å². The van der Waals surface area contributed by atoms with Gasteiger partial charge in [0.1, 0.15) is 0 Å². The van der Waals surface area contributed by atoms with E-state index in [1.54, 1.807) is 6.92 Å². The van der Waals surface area contributed by atoms with Gasteiger partial charge in [-0.25, -0.2) is 0 Å². The highest BCUT2D eigenvalue weighted by atomic mass is 16.1. The lowest BCUT2D eigenvalue weighted by Gasteiger charge is -2.13. The summed E-state index contributed by atoms with van der Waals surface area (Å²) < 4.78 is 0. The summed E-state index contributed by atoms with van der Waals surface area (Å²) in [4.78, 5) is 11.3. The van der Waals surface area contributed by atoms with Crippen molar-refractivity contribution in [1.29, 1.82) is 0 Å². The highest BCUT2D eigenvalue weighted by Gasteiger charge is 2.23. The number of hydrogen-bond donors (Lipinski definition) is 1. The van der Waals surface area contributed by atoms with E-state index in [9.17, 15) is 4.79 Å². The molecule has 2 aromatic carbocycles. The number of Topliss-reactive ketones (excluding diaryl/α,β-unsaturated/α-hetero) is 1. The third-order valence-corrected chi connectivity index (χ3v) is 4.12. The van der Waals surface area contributed by atoms with Crippen molar-refractivity contribution < 1.29 is 4.79 Å². The van der Waals surface area contributed by atoms with E-state index < -0.39 is 0 Å². The first-order chi connectivity index (χ1) is 11.1. The van der Waals surface area contributed by atoms with E-state index >= 15 is 0 Å². The van der Waals surface area contributed by atoms with Crippen LogP contribution in [0.5, 0.6) is 0 Å². The summed E-state index contributed by atoms with van der Waals surface area (Å²) >= 11 is 0. The van der Waals surface area contributed by atoms with Gasteiger partial charge in [0.25, 0.3) is 0 Å². The summed E-state index contributed by atoms with van der Waals surface area (Å²) in [5, 5.41) is 3.60. The monoisotopic (exact) mass is 303 g/mol. The van der Waals surface area contributed by atoms with Gasteiger partial charge in [0.2, 0.25) is 0 Å². The van der Waals surface area contributed by atoms with E-state index in [0.29, 0.717) is 12.1 Å². The Kier molecular flexibility index (Phi) is 4.60. The highest BCUT2D eigenvalue weighted by Crippen LogP contribution is 2.24. The lowest BCUT2D eigenvalue weighted by Crippen LogP contribution is -2.20. The fourth-order valence-electron chi connectivity index (χ4n) is 2.49. The standard InChI is InChI=1S/C21H21NO/c1-15(22-21-13-14-21)19-9-5-17(6-10-19)3-4-18-7-11-20(12-8-18)16(2)23/h5-12,15,21-22H,13-14H2,1-2H3. The van der Waals surface area contributed by atoms with E-state index in [0.717, 1.165) is 16.7 Å². The lowest BCUT2D eigenvalue weighted by molar-refractivity contribution is 0.101. The molecule has 0 spiro atoms. The molecule has 0 saturated heterocycles. The van der Waals surface area contributed by atoms with Gasteiger partial charge >= 0.3 is 0 Å². The van der Waals surface area contributed by atoms with Crippen molar-refractivity contribution >= 4 is 5.78 Å². The molecule has 1 saturated carbocycles. The molecule has 0 aromatic heterocycles. The molecular formula is C21H21NO. The largest absolute Gasteiger partial charge is 0.307 e. The minimum absolute atomic E-state index is 0.0778. The fraction of sp³-hybridized carbons (Fsp3) is 0.286. The zero-order valence-corrected chi connectivity index (χ0v) is 13.6. The van der Waals surface area contributed by atoms with Gasteiger partial charge in [-0.1, -0.05) is 36.1 Å². The number of ketones is 1. The third kappa shape index (κ3) is 4.31. The van der Waals surface area contributed by atoms with Crippen molar-refractivity contribution in [3.05, 3.63) is 70.8 Å². The number of rotatable bonds is 4. The summed E-state index contributed by atoms with van der Waals surface area (Å²) in [6, 6.07) is 16.9. The molecule has 1 aliphatic carbocycles. The van der Waals surface area contributed by atoms with Gasteiger partial charge in [0, 0.05) is 28.8 Å². The molecule has 0 radical (unpaired) electrons. The van der Waals surface area contributed by atoms with Crippen LogP contribution in [0.25, 0.3) is 0 Å². The van der Waals surface area contributed by atoms with Crippen LogP contribution in [0.2, 0.25) is 0 Å². The minimum Gasteiger partial charge on any atom is -0.307 e. The molecular weight excluding hydrogens is 282 g/mol. The zero-order valence-electron chi connectivity index (χ0n) is 13.6. The van der Waals surface area contributed by atoms with Crippen molar-refractivity contribution in [2.45, 2.75) is 38.8 Å². The first-order valence-electron chi connectivity index (χ1n) is 8.11. The van der Waals surface area contributed by atoms with Gasteiger partial charge in [0.05, 0.1) is 0 Å². The average Bonchev–Trinajstić information content (AvgIpc) is 3.37. The predicted octanol–water partition coefficient (Wildman–Crippen LogP) is 4.10. The number of carbonyl (C=O) groups is 1. The van der Waals surface area contributed by atoms with Gasteiger partial charge in [0.15, 0.2) is 5.78 Å². The number of hydrogen-bond acceptors (Lipinski definition) is 2. The Hall–Kier alpha value is -2.37. The quantitative estimate of drug-likeness (QED) is 0.680. The van der Waals surface area contributed by atoms with E-state index in [-0.39, 0.29) is 5.78 Å². The number of carbonyl (C=O) groups excluding carboxylic acids is 1. The van der Waals surface area contributed by atoms with Crippen LogP contribution in [-0.2, 0) is 0 Å². The number of benzene rings is 2. The molecule has 2 heteroatoms. The van der Waals surface area contributed by atoms with E-state index in [1.807, 2.05) is 24.3 Å². The maximum Gasteiger partial charge on any atom is 0.159 e. The Balaban J connectivity index is 1.67. The molecule has 116 valence electrons. The molecule has 0 amide bonds. The summed E-state index contributed by atoms with van der Waals surface area (Å²) in [6.07, 6.45) is 2.60. The molecule has 1 aliphatic rings. The normalized spacial score (nSPS) is 14.7. The Morgan fingerprint density at radius 3 is 2.00 bits per heavy atom. The topological polar surface area (TPSA) is 29.1 Å². The van der Waals surface area contributed by atoms with E-state index in [1.165, 1.54) is 18.4 Å². The Labute approximate surface area is 137 Å². The molecule has 0 aliphatic heterocycles. The second-order valence-corrected chi connectivity index (χ2v) is 6.17. The second kappa shape index (κ2) is 6.81. The van der Waals surface area contributed by atoms with Crippen molar-refractivity contribution in [2.24, 2.45) is 0 Å². The van der Waals surface area contributed by atoms with Crippen LogP contribution in [-0.4, -0.2) is 11.8 Å². The molecule has 1 atom stereocenters. The summed E-state index contributed by atoms with van der Waals surface area (Å²) in [7, 11) is 0. The Morgan fingerprint density at radius 2 is 1.52 bits per heavy atom.